The van der Waals surface area contributed by atoms with Crippen LogP contribution in [0.15, 0.2) is 38.8 Å². The minimum atomic E-state index is -0.505. The molecular formula is C13H13BrN4O3. The molecule has 7 nitrogen and oxygen atoms in total. The van der Waals surface area contributed by atoms with Crippen LogP contribution >= 0.6 is 15.9 Å². The van der Waals surface area contributed by atoms with E-state index in [9.17, 15) is 4.79 Å². The number of allylic oxidation sites excluding steroid dienone is 1. The lowest BCUT2D eigenvalue weighted by molar-refractivity contribution is -0.139. The largest absolute Gasteiger partial charge is 0.463 e. The molecule has 8 heteroatoms. The number of furan rings is 1. The molecule has 0 amide bonds. The van der Waals surface area contributed by atoms with Crippen molar-refractivity contribution in [1.82, 2.24) is 14.8 Å². The van der Waals surface area contributed by atoms with Crippen LogP contribution in [0.1, 0.15) is 25.6 Å². The number of rotatable bonds is 3. The molecule has 3 rings (SSSR count). The summed E-state index contributed by atoms with van der Waals surface area (Å²) >= 11 is 3.27. The molecule has 2 aromatic heterocycles. The molecule has 0 spiro atoms. The van der Waals surface area contributed by atoms with Crippen molar-refractivity contribution in [2.45, 2.75) is 19.9 Å². The SMILES string of the molecule is CCOC(=O)C1=C(C)Nc2ncnn2[C@@H]1c1ccc(Br)o1. The number of hydrogen-bond acceptors (Lipinski definition) is 6. The molecule has 2 aromatic rings. The highest BCUT2D eigenvalue weighted by Gasteiger charge is 2.36. The zero-order valence-corrected chi connectivity index (χ0v) is 13.0. The van der Waals surface area contributed by atoms with Crippen LogP contribution in [0.25, 0.3) is 0 Å². The molecule has 3 heterocycles. The highest BCUT2D eigenvalue weighted by Crippen LogP contribution is 2.36. The first-order chi connectivity index (χ1) is 10.1. The van der Waals surface area contributed by atoms with E-state index in [1.165, 1.54) is 6.33 Å². The zero-order chi connectivity index (χ0) is 15.0. The molecule has 0 bridgehead atoms. The predicted octanol–water partition coefficient (Wildman–Crippen LogP) is 2.49. The van der Waals surface area contributed by atoms with Gasteiger partial charge in [-0.15, -0.1) is 0 Å². The van der Waals surface area contributed by atoms with Crippen molar-refractivity contribution in [3.8, 4) is 0 Å². The van der Waals surface area contributed by atoms with Gasteiger partial charge >= 0.3 is 5.97 Å². The van der Waals surface area contributed by atoms with Crippen LogP contribution in [-0.4, -0.2) is 27.3 Å². The Bertz CT molecular complexity index is 719. The summed E-state index contributed by atoms with van der Waals surface area (Å²) in [5, 5.41) is 7.23. The number of carbonyl (C=O) groups excluding carboxylic acids is 1. The second-order valence-corrected chi connectivity index (χ2v) is 5.24. The topological polar surface area (TPSA) is 82.2 Å². The van der Waals surface area contributed by atoms with Gasteiger partial charge in [-0.25, -0.2) is 9.48 Å². The Labute approximate surface area is 129 Å². The van der Waals surface area contributed by atoms with Gasteiger partial charge in [-0.05, 0) is 41.9 Å². The Hall–Kier alpha value is -2.09. The number of aromatic nitrogens is 3. The maximum Gasteiger partial charge on any atom is 0.338 e. The van der Waals surface area contributed by atoms with Gasteiger partial charge in [0.15, 0.2) is 4.67 Å². The van der Waals surface area contributed by atoms with Gasteiger partial charge < -0.3 is 14.5 Å². The fourth-order valence-electron chi connectivity index (χ4n) is 2.30. The average Bonchev–Trinajstić information content (AvgIpc) is 3.05. The summed E-state index contributed by atoms with van der Waals surface area (Å²) < 4.78 is 12.9. The van der Waals surface area contributed by atoms with E-state index in [1.54, 1.807) is 30.7 Å². The Morgan fingerprint density at radius 1 is 1.57 bits per heavy atom. The quantitative estimate of drug-likeness (QED) is 0.854. The lowest BCUT2D eigenvalue weighted by atomic mass is 10.0. The maximum absolute atomic E-state index is 12.3. The lowest BCUT2D eigenvalue weighted by Gasteiger charge is -2.26. The number of carbonyl (C=O) groups is 1. The predicted molar refractivity (Wildman–Crippen MR) is 77.5 cm³/mol. The summed E-state index contributed by atoms with van der Waals surface area (Å²) in [4.78, 5) is 16.4. The third kappa shape index (κ3) is 2.35. The molecule has 21 heavy (non-hydrogen) atoms. The zero-order valence-electron chi connectivity index (χ0n) is 11.5. The minimum absolute atomic E-state index is 0.300. The van der Waals surface area contributed by atoms with Crippen molar-refractivity contribution in [3.05, 3.63) is 40.2 Å². The molecule has 0 unspecified atom stereocenters. The summed E-state index contributed by atoms with van der Waals surface area (Å²) in [7, 11) is 0. The van der Waals surface area contributed by atoms with Gasteiger partial charge in [0.2, 0.25) is 5.95 Å². The fourth-order valence-corrected chi connectivity index (χ4v) is 2.62. The van der Waals surface area contributed by atoms with E-state index >= 15 is 0 Å². The number of ether oxygens (including phenoxy) is 1. The number of anilines is 1. The van der Waals surface area contributed by atoms with Crippen molar-refractivity contribution >= 4 is 27.8 Å². The van der Waals surface area contributed by atoms with E-state index in [0.717, 1.165) is 0 Å². The van der Waals surface area contributed by atoms with E-state index in [0.29, 0.717) is 34.3 Å². The van der Waals surface area contributed by atoms with Gasteiger partial charge in [-0.1, -0.05) is 0 Å². The first-order valence-corrected chi connectivity index (χ1v) is 7.20. The van der Waals surface area contributed by atoms with Crippen molar-refractivity contribution in [1.29, 1.82) is 0 Å². The van der Waals surface area contributed by atoms with Crippen LogP contribution in [0.5, 0.6) is 0 Å². The fraction of sp³-hybridized carbons (Fsp3) is 0.308. The van der Waals surface area contributed by atoms with Crippen LogP contribution in [0.3, 0.4) is 0 Å². The highest BCUT2D eigenvalue weighted by molar-refractivity contribution is 9.10. The standard InChI is InChI=1S/C13H13BrN4O3/c1-3-20-12(19)10-7(2)17-13-15-6-16-18(13)11(10)8-4-5-9(14)21-8/h4-6,11H,3H2,1-2H3,(H,15,16,17)/t11-/m1/s1. The molecule has 0 aliphatic carbocycles. The van der Waals surface area contributed by atoms with Crippen molar-refractivity contribution in [2.75, 3.05) is 11.9 Å². The van der Waals surface area contributed by atoms with Crippen molar-refractivity contribution in [3.63, 3.8) is 0 Å². The number of hydrogen-bond donors (Lipinski definition) is 1. The monoisotopic (exact) mass is 352 g/mol. The van der Waals surface area contributed by atoms with Gasteiger partial charge in [0.25, 0.3) is 0 Å². The molecular weight excluding hydrogens is 340 g/mol. The first kappa shape index (κ1) is 13.9. The van der Waals surface area contributed by atoms with Crippen LogP contribution in [0, 0.1) is 0 Å². The third-order valence-corrected chi connectivity index (χ3v) is 3.58. The maximum atomic E-state index is 12.3. The molecule has 0 radical (unpaired) electrons. The molecule has 1 N–H and O–H groups in total. The molecule has 1 atom stereocenters. The summed E-state index contributed by atoms with van der Waals surface area (Å²) in [5.41, 5.74) is 1.13. The van der Waals surface area contributed by atoms with E-state index < -0.39 is 12.0 Å². The summed E-state index contributed by atoms with van der Waals surface area (Å²) in [6, 6.07) is 3.05. The minimum Gasteiger partial charge on any atom is -0.463 e. The molecule has 0 saturated heterocycles. The lowest BCUT2D eigenvalue weighted by Crippen LogP contribution is -2.29. The van der Waals surface area contributed by atoms with Gasteiger partial charge in [0, 0.05) is 5.70 Å². The number of halogens is 1. The summed E-state index contributed by atoms with van der Waals surface area (Å²) in [6.45, 7) is 3.87. The number of esters is 1. The number of nitrogens with zero attached hydrogens (tertiary/aromatic N) is 3. The normalized spacial score (nSPS) is 17.4. The molecule has 0 saturated carbocycles. The Balaban J connectivity index is 2.13. The summed E-state index contributed by atoms with van der Waals surface area (Å²) in [6.07, 6.45) is 1.43. The average molecular weight is 353 g/mol. The van der Waals surface area contributed by atoms with Crippen LogP contribution in [0.4, 0.5) is 5.95 Å². The number of nitrogens with one attached hydrogen (secondary N) is 1. The number of fused-ring (bicyclic) bond motifs is 1. The van der Waals surface area contributed by atoms with Gasteiger partial charge in [0.05, 0.1) is 12.2 Å². The Morgan fingerprint density at radius 2 is 2.38 bits per heavy atom. The van der Waals surface area contributed by atoms with E-state index in [-0.39, 0.29) is 0 Å². The van der Waals surface area contributed by atoms with Crippen molar-refractivity contribution in [2.24, 2.45) is 0 Å². The van der Waals surface area contributed by atoms with E-state index in [4.69, 9.17) is 9.15 Å². The second-order valence-electron chi connectivity index (χ2n) is 4.46. The van der Waals surface area contributed by atoms with Gasteiger partial charge in [0.1, 0.15) is 18.1 Å². The third-order valence-electron chi connectivity index (χ3n) is 3.15. The molecule has 0 aromatic carbocycles. The Morgan fingerprint density at radius 3 is 3.05 bits per heavy atom. The molecule has 1 aliphatic heterocycles. The van der Waals surface area contributed by atoms with Crippen molar-refractivity contribution < 1.29 is 13.9 Å². The van der Waals surface area contributed by atoms with E-state index in [1.807, 2.05) is 0 Å². The molecule has 110 valence electrons. The molecule has 0 fully saturated rings. The van der Waals surface area contributed by atoms with E-state index in [2.05, 4.69) is 31.3 Å². The van der Waals surface area contributed by atoms with Crippen LogP contribution in [-0.2, 0) is 9.53 Å². The van der Waals surface area contributed by atoms with Crippen LogP contribution < -0.4 is 5.32 Å². The molecule has 1 aliphatic rings. The van der Waals surface area contributed by atoms with Gasteiger partial charge in [-0.3, -0.25) is 0 Å². The smallest absolute Gasteiger partial charge is 0.338 e. The van der Waals surface area contributed by atoms with Crippen LogP contribution in [0.2, 0.25) is 0 Å². The first-order valence-electron chi connectivity index (χ1n) is 6.41. The highest BCUT2D eigenvalue weighted by atomic mass is 79.9. The Kier molecular flexibility index (Phi) is 3.54. The summed E-state index contributed by atoms with van der Waals surface area (Å²) in [5.74, 6) is 0.733. The second kappa shape index (κ2) is 5.36. The van der Waals surface area contributed by atoms with Gasteiger partial charge in [-0.2, -0.15) is 10.1 Å².